The summed E-state index contributed by atoms with van der Waals surface area (Å²) >= 11 is 0. The molecule has 0 aromatic carbocycles. The zero-order chi connectivity index (χ0) is 11.7. The molecule has 0 radical (unpaired) electrons. The highest BCUT2D eigenvalue weighted by Gasteiger charge is 2.16. The van der Waals surface area contributed by atoms with Crippen LogP contribution in [0.4, 0.5) is 0 Å². The molecule has 0 rings (SSSR count). The van der Waals surface area contributed by atoms with Crippen molar-refractivity contribution in [3.8, 4) is 0 Å². The molecule has 0 amide bonds. The summed E-state index contributed by atoms with van der Waals surface area (Å²) in [5, 5.41) is 8.83. The van der Waals surface area contributed by atoms with E-state index in [0.29, 0.717) is 26.2 Å². The number of aliphatic hydroxyl groups excluding tert-OH is 1. The van der Waals surface area contributed by atoms with Crippen molar-refractivity contribution in [2.75, 3.05) is 32.8 Å². The van der Waals surface area contributed by atoms with Gasteiger partial charge in [0.1, 0.15) is 0 Å². The number of hydrogen-bond acceptors (Lipinski definition) is 4. The third-order valence-electron chi connectivity index (χ3n) is 2.02. The normalized spacial score (nSPS) is 12.5. The van der Waals surface area contributed by atoms with Gasteiger partial charge in [-0.15, -0.1) is 6.58 Å². The number of aliphatic hydroxyl groups is 1. The second-order valence-corrected chi connectivity index (χ2v) is 3.42. The molecule has 1 atom stereocenters. The Morgan fingerprint density at radius 1 is 1.67 bits per heavy atom. The fourth-order valence-corrected chi connectivity index (χ4v) is 1.33. The lowest BCUT2D eigenvalue weighted by Crippen LogP contribution is -2.34. The van der Waals surface area contributed by atoms with E-state index in [2.05, 4.69) is 6.58 Å². The van der Waals surface area contributed by atoms with Crippen molar-refractivity contribution < 1.29 is 14.6 Å². The van der Waals surface area contributed by atoms with Crippen LogP contribution in [-0.4, -0.2) is 48.8 Å². The molecule has 0 heterocycles. The van der Waals surface area contributed by atoms with Gasteiger partial charge < -0.3 is 9.84 Å². The molecule has 1 unspecified atom stereocenters. The highest BCUT2D eigenvalue weighted by atomic mass is 16.5. The summed E-state index contributed by atoms with van der Waals surface area (Å²) in [4.78, 5) is 13.3. The van der Waals surface area contributed by atoms with Gasteiger partial charge in [0.25, 0.3) is 0 Å². The molecule has 88 valence electrons. The van der Waals surface area contributed by atoms with Crippen LogP contribution in [-0.2, 0) is 9.53 Å². The first-order chi connectivity index (χ1) is 7.15. The molecule has 0 saturated heterocycles. The molecule has 15 heavy (non-hydrogen) atoms. The average Bonchev–Trinajstić information content (AvgIpc) is 2.18. The zero-order valence-electron chi connectivity index (χ0n) is 9.61. The molecule has 0 aliphatic rings. The van der Waals surface area contributed by atoms with Gasteiger partial charge >= 0.3 is 5.97 Å². The lowest BCUT2D eigenvalue weighted by molar-refractivity contribution is -0.148. The van der Waals surface area contributed by atoms with Crippen molar-refractivity contribution in [2.24, 2.45) is 5.92 Å². The molecule has 4 nitrogen and oxygen atoms in total. The van der Waals surface area contributed by atoms with Gasteiger partial charge in [0.2, 0.25) is 0 Å². The van der Waals surface area contributed by atoms with Crippen molar-refractivity contribution in [1.82, 2.24) is 4.90 Å². The molecule has 0 aliphatic heterocycles. The van der Waals surface area contributed by atoms with Crippen LogP contribution < -0.4 is 0 Å². The largest absolute Gasteiger partial charge is 0.466 e. The summed E-state index contributed by atoms with van der Waals surface area (Å²) in [5.74, 6) is -0.360. The highest BCUT2D eigenvalue weighted by Crippen LogP contribution is 2.02. The third-order valence-corrected chi connectivity index (χ3v) is 2.02. The van der Waals surface area contributed by atoms with Gasteiger partial charge in [-0.1, -0.05) is 13.0 Å². The molecule has 4 heteroatoms. The quantitative estimate of drug-likeness (QED) is 0.477. The Bertz CT molecular complexity index is 194. The van der Waals surface area contributed by atoms with Gasteiger partial charge in [-0.3, -0.25) is 9.69 Å². The maximum atomic E-state index is 11.3. The van der Waals surface area contributed by atoms with Crippen LogP contribution >= 0.6 is 0 Å². The molecule has 0 saturated carbocycles. The molecule has 0 bridgehead atoms. The SMILES string of the molecule is C=CCN(CCO)CC(C)C(=O)OCC. The first kappa shape index (κ1) is 14.1. The van der Waals surface area contributed by atoms with E-state index in [1.807, 2.05) is 11.8 Å². The number of nitrogens with zero attached hydrogens (tertiary/aromatic N) is 1. The van der Waals surface area contributed by atoms with Gasteiger partial charge in [-0.2, -0.15) is 0 Å². The summed E-state index contributed by atoms with van der Waals surface area (Å²) in [5.41, 5.74) is 0. The Balaban J connectivity index is 4.02. The first-order valence-corrected chi connectivity index (χ1v) is 5.26. The summed E-state index contributed by atoms with van der Waals surface area (Å²) in [6.07, 6.45) is 1.76. The molecule has 1 N–H and O–H groups in total. The second-order valence-electron chi connectivity index (χ2n) is 3.42. The van der Waals surface area contributed by atoms with Crippen molar-refractivity contribution in [3.05, 3.63) is 12.7 Å². The standard InChI is InChI=1S/C11H21NO3/c1-4-6-12(7-8-13)9-10(3)11(14)15-5-2/h4,10,13H,1,5-9H2,2-3H3. The van der Waals surface area contributed by atoms with Crippen LogP contribution in [0.3, 0.4) is 0 Å². The van der Waals surface area contributed by atoms with E-state index in [4.69, 9.17) is 9.84 Å². The second kappa shape index (κ2) is 8.44. The summed E-state index contributed by atoms with van der Waals surface area (Å²) in [7, 11) is 0. The molecule has 0 fully saturated rings. The average molecular weight is 215 g/mol. The molecule has 0 aromatic heterocycles. The molecule has 0 spiro atoms. The minimum atomic E-state index is -0.190. The fourth-order valence-electron chi connectivity index (χ4n) is 1.33. The van der Waals surface area contributed by atoms with Crippen molar-refractivity contribution in [2.45, 2.75) is 13.8 Å². The van der Waals surface area contributed by atoms with Crippen LogP contribution in [0, 0.1) is 5.92 Å². The van der Waals surface area contributed by atoms with Crippen LogP contribution in [0.5, 0.6) is 0 Å². The zero-order valence-corrected chi connectivity index (χ0v) is 9.61. The van der Waals surface area contributed by atoms with Gasteiger partial charge in [0, 0.05) is 19.6 Å². The molecule has 0 aliphatic carbocycles. The van der Waals surface area contributed by atoms with E-state index in [9.17, 15) is 4.79 Å². The van der Waals surface area contributed by atoms with E-state index in [0.717, 1.165) is 0 Å². The monoisotopic (exact) mass is 215 g/mol. The van der Waals surface area contributed by atoms with E-state index in [1.54, 1.807) is 13.0 Å². The minimum Gasteiger partial charge on any atom is -0.466 e. The Hall–Kier alpha value is -0.870. The van der Waals surface area contributed by atoms with Crippen molar-refractivity contribution in [1.29, 1.82) is 0 Å². The van der Waals surface area contributed by atoms with Crippen LogP contribution in [0.25, 0.3) is 0 Å². The molecular weight excluding hydrogens is 194 g/mol. The van der Waals surface area contributed by atoms with E-state index < -0.39 is 0 Å². The van der Waals surface area contributed by atoms with Crippen molar-refractivity contribution in [3.63, 3.8) is 0 Å². The smallest absolute Gasteiger partial charge is 0.309 e. The van der Waals surface area contributed by atoms with Crippen LogP contribution in [0.1, 0.15) is 13.8 Å². The molecule has 0 aromatic rings. The topological polar surface area (TPSA) is 49.8 Å². The van der Waals surface area contributed by atoms with E-state index in [-0.39, 0.29) is 18.5 Å². The number of carbonyl (C=O) groups is 1. The lowest BCUT2D eigenvalue weighted by Gasteiger charge is -2.22. The number of esters is 1. The number of rotatable bonds is 8. The molecular formula is C11H21NO3. The Kier molecular flexibility index (Phi) is 7.95. The Labute approximate surface area is 91.5 Å². The number of ether oxygens (including phenoxy) is 1. The fraction of sp³-hybridized carbons (Fsp3) is 0.727. The van der Waals surface area contributed by atoms with Crippen molar-refractivity contribution >= 4 is 5.97 Å². The summed E-state index contributed by atoms with van der Waals surface area (Å²) in [6.45, 7) is 9.55. The van der Waals surface area contributed by atoms with E-state index in [1.165, 1.54) is 0 Å². The minimum absolute atomic E-state index is 0.0867. The van der Waals surface area contributed by atoms with Gasteiger partial charge in [0.05, 0.1) is 19.1 Å². The first-order valence-electron chi connectivity index (χ1n) is 5.26. The van der Waals surface area contributed by atoms with Gasteiger partial charge in [-0.05, 0) is 6.92 Å². The summed E-state index contributed by atoms with van der Waals surface area (Å²) < 4.78 is 4.91. The number of hydrogen-bond donors (Lipinski definition) is 1. The van der Waals surface area contributed by atoms with Crippen LogP contribution in [0.15, 0.2) is 12.7 Å². The van der Waals surface area contributed by atoms with Gasteiger partial charge in [-0.25, -0.2) is 0 Å². The predicted octanol–water partition coefficient (Wildman–Crippen LogP) is 0.666. The van der Waals surface area contributed by atoms with Gasteiger partial charge in [0.15, 0.2) is 0 Å². The summed E-state index contributed by atoms with van der Waals surface area (Å²) in [6, 6.07) is 0. The third kappa shape index (κ3) is 6.25. The Morgan fingerprint density at radius 2 is 2.33 bits per heavy atom. The van der Waals surface area contributed by atoms with E-state index >= 15 is 0 Å². The lowest BCUT2D eigenvalue weighted by atomic mass is 10.1. The highest BCUT2D eigenvalue weighted by molar-refractivity contribution is 5.72. The number of carbonyl (C=O) groups excluding carboxylic acids is 1. The maximum Gasteiger partial charge on any atom is 0.309 e. The predicted molar refractivity (Wildman–Crippen MR) is 59.5 cm³/mol. The Morgan fingerprint density at radius 3 is 2.80 bits per heavy atom. The van der Waals surface area contributed by atoms with Crippen LogP contribution in [0.2, 0.25) is 0 Å². The maximum absolute atomic E-state index is 11.3.